The number of nitrogens with zero attached hydrogens (tertiary/aromatic N) is 2. The number of fused-ring (bicyclic) bond motifs is 1. The Labute approximate surface area is 210 Å². The Kier molecular flexibility index (Phi) is 6.75. The van der Waals surface area contributed by atoms with Crippen LogP contribution in [0.2, 0.25) is 0 Å². The Bertz CT molecular complexity index is 1290. The van der Waals surface area contributed by atoms with Crippen LogP contribution in [-0.4, -0.2) is 43.0 Å². The predicted octanol–water partition coefficient (Wildman–Crippen LogP) is 5.46. The van der Waals surface area contributed by atoms with Crippen LogP contribution in [0, 0.1) is 13.8 Å². The normalized spacial score (nSPS) is 17.0. The van der Waals surface area contributed by atoms with Crippen molar-refractivity contribution in [2.45, 2.75) is 25.3 Å². The number of morpholine rings is 1. The maximum Gasteiger partial charge on any atom is 0.265 e. The van der Waals surface area contributed by atoms with Gasteiger partial charge in [0.2, 0.25) is 0 Å². The maximum absolute atomic E-state index is 13.6. The van der Waals surface area contributed by atoms with Crippen molar-refractivity contribution >= 4 is 35.3 Å². The average Bonchev–Trinajstić information content (AvgIpc) is 2.89. The lowest BCUT2D eigenvalue weighted by Crippen LogP contribution is -2.40. The Morgan fingerprint density at radius 3 is 2.51 bits per heavy atom. The second-order valence-electron chi connectivity index (χ2n) is 8.93. The summed E-state index contributed by atoms with van der Waals surface area (Å²) < 4.78 is 5.34. The van der Waals surface area contributed by atoms with Gasteiger partial charge in [-0.1, -0.05) is 59.8 Å². The molecule has 178 valence electrons. The van der Waals surface area contributed by atoms with Crippen LogP contribution in [0.5, 0.6) is 0 Å². The van der Waals surface area contributed by atoms with Crippen LogP contribution in [0.4, 0.5) is 5.69 Å². The topological polar surface area (TPSA) is 49.9 Å². The second kappa shape index (κ2) is 10.1. The minimum Gasteiger partial charge on any atom is -0.378 e. The van der Waals surface area contributed by atoms with Gasteiger partial charge in [0, 0.05) is 23.5 Å². The highest BCUT2D eigenvalue weighted by atomic mass is 32.2. The van der Waals surface area contributed by atoms with Gasteiger partial charge < -0.3 is 14.5 Å². The SMILES string of the molecule is Cc1ccc(C)c(CN2C(=O)C(=Cc3ccc(C(=O)N4CCOCC4)cc3)Sc3ccccc32)c1. The Balaban J connectivity index is 1.42. The second-order valence-corrected chi connectivity index (χ2v) is 10.0. The van der Waals surface area contributed by atoms with E-state index in [-0.39, 0.29) is 11.8 Å². The lowest BCUT2D eigenvalue weighted by atomic mass is 10.0. The highest BCUT2D eigenvalue weighted by Crippen LogP contribution is 2.42. The zero-order valence-electron chi connectivity index (χ0n) is 20.0. The van der Waals surface area contributed by atoms with Crippen molar-refractivity contribution < 1.29 is 14.3 Å². The molecular weight excluding hydrogens is 456 g/mol. The molecule has 1 saturated heterocycles. The molecule has 35 heavy (non-hydrogen) atoms. The average molecular weight is 485 g/mol. The minimum absolute atomic E-state index is 0.0110. The van der Waals surface area contributed by atoms with Gasteiger partial charge in [-0.15, -0.1) is 0 Å². The van der Waals surface area contributed by atoms with Gasteiger partial charge in [-0.3, -0.25) is 9.59 Å². The number of hydrogen-bond acceptors (Lipinski definition) is 4. The fraction of sp³-hybridized carbons (Fsp3) is 0.241. The van der Waals surface area contributed by atoms with Crippen LogP contribution in [0.15, 0.2) is 76.5 Å². The summed E-state index contributed by atoms with van der Waals surface area (Å²) in [6.07, 6.45) is 1.92. The monoisotopic (exact) mass is 484 g/mol. The molecule has 2 aliphatic rings. The third kappa shape index (κ3) is 5.04. The molecule has 6 heteroatoms. The maximum atomic E-state index is 13.6. The zero-order valence-corrected chi connectivity index (χ0v) is 20.8. The molecule has 0 spiro atoms. The van der Waals surface area contributed by atoms with Gasteiger partial charge in [-0.05, 0) is 60.9 Å². The number of ether oxygens (including phenoxy) is 1. The summed E-state index contributed by atoms with van der Waals surface area (Å²) in [7, 11) is 0. The molecule has 2 aliphatic heterocycles. The summed E-state index contributed by atoms with van der Waals surface area (Å²) in [4.78, 5) is 31.8. The number of carbonyl (C=O) groups excluding carboxylic acids is 2. The predicted molar refractivity (Wildman–Crippen MR) is 141 cm³/mol. The van der Waals surface area contributed by atoms with E-state index in [1.54, 1.807) is 0 Å². The zero-order chi connectivity index (χ0) is 24.4. The largest absolute Gasteiger partial charge is 0.378 e. The summed E-state index contributed by atoms with van der Waals surface area (Å²) in [5.74, 6) is 0.00678. The van der Waals surface area contributed by atoms with Crippen LogP contribution >= 0.6 is 11.8 Å². The van der Waals surface area contributed by atoms with Gasteiger partial charge in [0.15, 0.2) is 0 Å². The lowest BCUT2D eigenvalue weighted by Gasteiger charge is -2.31. The van der Waals surface area contributed by atoms with Crippen molar-refractivity contribution in [3.63, 3.8) is 0 Å². The van der Waals surface area contributed by atoms with Gasteiger partial charge in [-0.2, -0.15) is 0 Å². The van der Waals surface area contributed by atoms with Crippen molar-refractivity contribution in [2.24, 2.45) is 0 Å². The van der Waals surface area contributed by atoms with Crippen molar-refractivity contribution in [1.29, 1.82) is 0 Å². The van der Waals surface area contributed by atoms with E-state index in [0.717, 1.165) is 21.7 Å². The van der Waals surface area contributed by atoms with E-state index in [2.05, 4.69) is 38.1 Å². The molecule has 0 aliphatic carbocycles. The summed E-state index contributed by atoms with van der Waals surface area (Å²) in [6, 6.07) is 21.9. The highest BCUT2D eigenvalue weighted by molar-refractivity contribution is 8.04. The van der Waals surface area contributed by atoms with Crippen LogP contribution in [0.3, 0.4) is 0 Å². The fourth-order valence-corrected chi connectivity index (χ4v) is 5.44. The number of para-hydroxylation sites is 1. The molecule has 0 radical (unpaired) electrons. The van der Waals surface area contributed by atoms with Crippen LogP contribution in [0.1, 0.15) is 32.6 Å². The number of amides is 2. The first-order valence-corrected chi connectivity index (χ1v) is 12.6. The first-order chi connectivity index (χ1) is 17.0. The third-order valence-corrected chi connectivity index (χ3v) is 7.50. The first-order valence-electron chi connectivity index (χ1n) is 11.8. The molecule has 0 unspecified atom stereocenters. The van der Waals surface area contributed by atoms with Crippen molar-refractivity contribution in [3.8, 4) is 0 Å². The van der Waals surface area contributed by atoms with Gasteiger partial charge in [-0.25, -0.2) is 0 Å². The van der Waals surface area contributed by atoms with E-state index in [0.29, 0.717) is 43.3 Å². The number of rotatable bonds is 4. The van der Waals surface area contributed by atoms with E-state index in [4.69, 9.17) is 4.74 Å². The molecule has 0 bridgehead atoms. The molecule has 0 N–H and O–H groups in total. The Morgan fingerprint density at radius 2 is 1.74 bits per heavy atom. The number of aryl methyl sites for hydroxylation is 2. The van der Waals surface area contributed by atoms with Crippen LogP contribution < -0.4 is 4.90 Å². The molecule has 0 saturated carbocycles. The molecule has 0 atom stereocenters. The standard InChI is InChI=1S/C29H28N2O3S/c1-20-7-8-21(2)24(17-20)19-31-25-5-3-4-6-26(25)35-27(29(31)33)18-22-9-11-23(12-10-22)28(32)30-13-15-34-16-14-30/h3-12,17-18H,13-16,19H2,1-2H3. The lowest BCUT2D eigenvalue weighted by molar-refractivity contribution is -0.114. The highest BCUT2D eigenvalue weighted by Gasteiger charge is 2.29. The number of thioether (sulfide) groups is 1. The van der Waals surface area contributed by atoms with E-state index in [1.165, 1.54) is 22.9 Å². The number of hydrogen-bond donors (Lipinski definition) is 0. The van der Waals surface area contributed by atoms with Gasteiger partial charge in [0.1, 0.15) is 0 Å². The molecule has 5 rings (SSSR count). The summed E-state index contributed by atoms with van der Waals surface area (Å²) in [6.45, 7) is 7.07. The third-order valence-electron chi connectivity index (χ3n) is 6.42. The molecule has 3 aromatic rings. The van der Waals surface area contributed by atoms with Gasteiger partial charge in [0.25, 0.3) is 11.8 Å². The van der Waals surface area contributed by atoms with E-state index >= 15 is 0 Å². The molecule has 1 fully saturated rings. The van der Waals surface area contributed by atoms with Crippen molar-refractivity contribution in [1.82, 2.24) is 4.90 Å². The molecular formula is C29H28N2O3S. The van der Waals surface area contributed by atoms with Crippen LogP contribution in [0.25, 0.3) is 6.08 Å². The van der Waals surface area contributed by atoms with Crippen molar-refractivity contribution in [2.75, 3.05) is 31.2 Å². The number of benzene rings is 3. The van der Waals surface area contributed by atoms with Crippen molar-refractivity contribution in [3.05, 3.63) is 99.5 Å². The quantitative estimate of drug-likeness (QED) is 0.462. The minimum atomic E-state index is -0.0110. The summed E-state index contributed by atoms with van der Waals surface area (Å²) in [5.41, 5.74) is 5.98. The number of carbonyl (C=O) groups is 2. The summed E-state index contributed by atoms with van der Waals surface area (Å²) in [5, 5.41) is 0. The fourth-order valence-electron chi connectivity index (χ4n) is 4.38. The molecule has 5 nitrogen and oxygen atoms in total. The molecule has 0 aromatic heterocycles. The molecule has 2 heterocycles. The van der Waals surface area contributed by atoms with Crippen LogP contribution in [-0.2, 0) is 16.1 Å². The van der Waals surface area contributed by atoms with Gasteiger partial charge in [0.05, 0.1) is 30.4 Å². The van der Waals surface area contributed by atoms with E-state index in [1.807, 2.05) is 58.3 Å². The smallest absolute Gasteiger partial charge is 0.265 e. The Hall–Kier alpha value is -3.35. The molecule has 2 amide bonds. The molecule has 3 aromatic carbocycles. The van der Waals surface area contributed by atoms with Gasteiger partial charge >= 0.3 is 0 Å². The number of anilines is 1. The van der Waals surface area contributed by atoms with E-state index in [9.17, 15) is 9.59 Å². The first kappa shape index (κ1) is 23.4. The summed E-state index contributed by atoms with van der Waals surface area (Å²) >= 11 is 1.50. The van der Waals surface area contributed by atoms with E-state index < -0.39 is 0 Å². The Morgan fingerprint density at radius 1 is 1.00 bits per heavy atom.